The Kier molecular flexibility index (Phi) is 5.49. The molecule has 5 heteroatoms. The van der Waals surface area contributed by atoms with Gasteiger partial charge in [-0.3, -0.25) is 9.78 Å². The van der Waals surface area contributed by atoms with Crippen LogP contribution in [0.3, 0.4) is 0 Å². The molecule has 0 spiro atoms. The molecule has 110 valence electrons. The van der Waals surface area contributed by atoms with Gasteiger partial charge in [-0.2, -0.15) is 0 Å². The van der Waals surface area contributed by atoms with E-state index in [-0.39, 0.29) is 12.0 Å². The van der Waals surface area contributed by atoms with Crippen molar-refractivity contribution >= 4 is 5.97 Å². The number of nitrogens with zero attached hydrogens (tertiary/aromatic N) is 2. The fourth-order valence-electron chi connectivity index (χ4n) is 2.13. The van der Waals surface area contributed by atoms with Crippen molar-refractivity contribution in [2.45, 2.75) is 31.3 Å². The monoisotopic (exact) mass is 277 g/mol. The van der Waals surface area contributed by atoms with Gasteiger partial charge >= 0.3 is 5.97 Å². The molecule has 0 radical (unpaired) electrons. The third-order valence-corrected chi connectivity index (χ3v) is 3.47. The van der Waals surface area contributed by atoms with Gasteiger partial charge in [0, 0.05) is 37.4 Å². The number of ether oxygens (including phenoxy) is 1. The highest BCUT2D eigenvalue weighted by Gasteiger charge is 2.29. The van der Waals surface area contributed by atoms with E-state index in [1.807, 2.05) is 25.2 Å². The molecule has 1 unspecified atom stereocenters. The van der Waals surface area contributed by atoms with Gasteiger partial charge in [-0.1, -0.05) is 6.07 Å². The van der Waals surface area contributed by atoms with Crippen molar-refractivity contribution in [1.82, 2.24) is 15.2 Å². The summed E-state index contributed by atoms with van der Waals surface area (Å²) in [5, 5.41) is 3.34. The molecular formula is C15H23N3O2. The average Bonchev–Trinajstić information content (AvgIpc) is 3.28. The molecule has 0 aliphatic heterocycles. The Morgan fingerprint density at radius 1 is 1.55 bits per heavy atom. The quantitative estimate of drug-likeness (QED) is 0.714. The minimum Gasteiger partial charge on any atom is -0.468 e. The zero-order valence-corrected chi connectivity index (χ0v) is 12.2. The second-order valence-electron chi connectivity index (χ2n) is 5.35. The molecule has 0 amide bonds. The fraction of sp³-hybridized carbons (Fsp3) is 0.600. The molecule has 1 N–H and O–H groups in total. The van der Waals surface area contributed by atoms with Crippen LogP contribution in [0.15, 0.2) is 24.4 Å². The Morgan fingerprint density at radius 2 is 2.35 bits per heavy atom. The average molecular weight is 277 g/mol. The highest BCUT2D eigenvalue weighted by atomic mass is 16.5. The van der Waals surface area contributed by atoms with Crippen LogP contribution in [0.25, 0.3) is 0 Å². The van der Waals surface area contributed by atoms with Gasteiger partial charge in [0.05, 0.1) is 7.11 Å². The molecule has 1 aliphatic rings. The van der Waals surface area contributed by atoms with Gasteiger partial charge in [0.15, 0.2) is 0 Å². The molecule has 1 aliphatic carbocycles. The molecule has 1 heterocycles. The summed E-state index contributed by atoms with van der Waals surface area (Å²) >= 11 is 0. The van der Waals surface area contributed by atoms with E-state index in [4.69, 9.17) is 4.74 Å². The van der Waals surface area contributed by atoms with E-state index < -0.39 is 0 Å². The maximum absolute atomic E-state index is 11.8. The summed E-state index contributed by atoms with van der Waals surface area (Å²) in [5.41, 5.74) is 1.07. The molecule has 1 saturated carbocycles. The van der Waals surface area contributed by atoms with E-state index in [0.29, 0.717) is 12.6 Å². The molecule has 0 saturated heterocycles. The van der Waals surface area contributed by atoms with Crippen LogP contribution in [-0.2, 0) is 16.0 Å². The number of nitrogens with one attached hydrogen (secondary N) is 1. The van der Waals surface area contributed by atoms with Crippen LogP contribution < -0.4 is 5.32 Å². The second-order valence-corrected chi connectivity index (χ2v) is 5.35. The lowest BCUT2D eigenvalue weighted by molar-refractivity contribution is -0.143. The van der Waals surface area contributed by atoms with Crippen LogP contribution in [0.5, 0.6) is 0 Å². The lowest BCUT2D eigenvalue weighted by Gasteiger charge is -2.23. The predicted octanol–water partition coefficient (Wildman–Crippen LogP) is 0.849. The molecule has 1 fully saturated rings. The number of likely N-dealkylation sites (N-methyl/N-ethyl adjacent to an activating group) is 1. The Labute approximate surface area is 120 Å². The zero-order chi connectivity index (χ0) is 14.4. The number of carbonyl (C=O) groups is 1. The Bertz CT molecular complexity index is 420. The van der Waals surface area contributed by atoms with Gasteiger partial charge in [-0.05, 0) is 32.0 Å². The summed E-state index contributed by atoms with van der Waals surface area (Å²) in [6, 6.07) is 6.19. The first-order chi connectivity index (χ1) is 9.69. The van der Waals surface area contributed by atoms with Gasteiger partial charge in [0.25, 0.3) is 0 Å². The minimum absolute atomic E-state index is 0.179. The van der Waals surface area contributed by atoms with E-state index in [2.05, 4.69) is 15.2 Å². The highest BCUT2D eigenvalue weighted by Crippen LogP contribution is 2.19. The zero-order valence-electron chi connectivity index (χ0n) is 12.2. The van der Waals surface area contributed by atoms with Crippen molar-refractivity contribution in [3.8, 4) is 0 Å². The van der Waals surface area contributed by atoms with Crippen LogP contribution in [0, 0.1) is 0 Å². The lowest BCUT2D eigenvalue weighted by Crippen LogP contribution is -2.47. The molecule has 0 bridgehead atoms. The third-order valence-electron chi connectivity index (χ3n) is 3.47. The first-order valence-electron chi connectivity index (χ1n) is 7.11. The number of aromatic nitrogens is 1. The maximum Gasteiger partial charge on any atom is 0.324 e. The topological polar surface area (TPSA) is 54.5 Å². The van der Waals surface area contributed by atoms with E-state index in [9.17, 15) is 4.79 Å². The van der Waals surface area contributed by atoms with Crippen molar-refractivity contribution in [3.63, 3.8) is 0 Å². The summed E-state index contributed by atoms with van der Waals surface area (Å²) < 4.78 is 4.86. The summed E-state index contributed by atoms with van der Waals surface area (Å²) in [5.74, 6) is -0.179. The van der Waals surface area contributed by atoms with E-state index in [1.165, 1.54) is 7.11 Å². The maximum atomic E-state index is 11.8. The lowest BCUT2D eigenvalue weighted by atomic mass is 10.2. The van der Waals surface area contributed by atoms with Crippen molar-refractivity contribution in [2.24, 2.45) is 0 Å². The van der Waals surface area contributed by atoms with Crippen molar-refractivity contribution in [3.05, 3.63) is 30.1 Å². The fourth-order valence-corrected chi connectivity index (χ4v) is 2.13. The summed E-state index contributed by atoms with van der Waals surface area (Å²) in [7, 11) is 3.46. The molecule has 0 aromatic carbocycles. The standard InChI is InChI=1S/C15H23N3O2/c1-18(10-8-12-5-3-4-9-16-12)11-14(15(19)20-2)17-13-6-7-13/h3-5,9,13-14,17H,6-8,10-11H2,1-2H3. The molecule has 5 nitrogen and oxygen atoms in total. The van der Waals surface area contributed by atoms with Crippen molar-refractivity contribution < 1.29 is 9.53 Å². The molecule has 1 aromatic rings. The third kappa shape index (κ3) is 4.90. The number of hydrogen-bond acceptors (Lipinski definition) is 5. The number of carbonyl (C=O) groups excluding carboxylic acids is 1. The smallest absolute Gasteiger partial charge is 0.324 e. The Hall–Kier alpha value is -1.46. The van der Waals surface area contributed by atoms with Gasteiger partial charge in [0.2, 0.25) is 0 Å². The van der Waals surface area contributed by atoms with Crippen LogP contribution >= 0.6 is 0 Å². The van der Waals surface area contributed by atoms with Gasteiger partial charge < -0.3 is 15.0 Å². The van der Waals surface area contributed by atoms with Gasteiger partial charge in [-0.15, -0.1) is 0 Å². The minimum atomic E-state index is -0.235. The van der Waals surface area contributed by atoms with Crippen LogP contribution in [0.2, 0.25) is 0 Å². The number of pyridine rings is 1. The SMILES string of the molecule is COC(=O)C(CN(C)CCc1ccccn1)NC1CC1. The van der Waals surface area contributed by atoms with Crippen molar-refractivity contribution in [2.75, 3.05) is 27.2 Å². The Morgan fingerprint density at radius 3 is 2.95 bits per heavy atom. The summed E-state index contributed by atoms with van der Waals surface area (Å²) in [6.07, 6.45) is 5.01. The molecule has 20 heavy (non-hydrogen) atoms. The highest BCUT2D eigenvalue weighted by molar-refractivity contribution is 5.76. The largest absolute Gasteiger partial charge is 0.468 e. The van der Waals surface area contributed by atoms with E-state index in [1.54, 1.807) is 6.20 Å². The number of hydrogen-bond donors (Lipinski definition) is 1. The summed E-state index contributed by atoms with van der Waals surface area (Å²) in [6.45, 7) is 1.53. The molecule has 1 atom stereocenters. The van der Waals surface area contributed by atoms with Crippen LogP contribution in [0.4, 0.5) is 0 Å². The first-order valence-corrected chi connectivity index (χ1v) is 7.11. The van der Waals surface area contributed by atoms with E-state index >= 15 is 0 Å². The van der Waals surface area contributed by atoms with Crippen molar-refractivity contribution in [1.29, 1.82) is 0 Å². The predicted molar refractivity (Wildman–Crippen MR) is 77.4 cm³/mol. The number of esters is 1. The van der Waals surface area contributed by atoms with Crippen LogP contribution in [0.1, 0.15) is 18.5 Å². The number of rotatable bonds is 8. The van der Waals surface area contributed by atoms with E-state index in [0.717, 1.165) is 31.5 Å². The molecule has 2 rings (SSSR count). The number of methoxy groups -OCH3 is 1. The van der Waals surface area contributed by atoms with Gasteiger partial charge in [0.1, 0.15) is 6.04 Å². The molecule has 1 aromatic heterocycles. The Balaban J connectivity index is 1.78. The summed E-state index contributed by atoms with van der Waals surface area (Å²) in [4.78, 5) is 18.2. The molecular weight excluding hydrogens is 254 g/mol. The first kappa shape index (κ1) is 14.9. The second kappa shape index (κ2) is 7.36. The van der Waals surface area contributed by atoms with Gasteiger partial charge in [-0.25, -0.2) is 0 Å². The normalized spacial score (nSPS) is 16.1. The van der Waals surface area contributed by atoms with Crippen LogP contribution in [-0.4, -0.2) is 55.2 Å².